The lowest BCUT2D eigenvalue weighted by molar-refractivity contribution is 0.0938. The fourth-order valence-corrected chi connectivity index (χ4v) is 2.92. The first-order valence-electron chi connectivity index (χ1n) is 8.49. The molecule has 1 aromatic heterocycles. The largest absolute Gasteiger partial charge is 0.378 e. The van der Waals surface area contributed by atoms with Crippen LogP contribution in [0.15, 0.2) is 6.07 Å². The molecule has 0 saturated carbocycles. The molecule has 5 heteroatoms. The molecule has 22 heavy (non-hydrogen) atoms. The summed E-state index contributed by atoms with van der Waals surface area (Å²) >= 11 is 0. The Balaban J connectivity index is 1.69. The SMILES string of the molecule is CC(C)Cc1cc(C(=O)NCCCCC2CCCO2)n(C)n1. The Morgan fingerprint density at radius 3 is 3.00 bits per heavy atom. The molecule has 1 aliphatic heterocycles. The molecule has 1 aliphatic rings. The molecule has 1 amide bonds. The molecule has 5 nitrogen and oxygen atoms in total. The molecule has 1 fully saturated rings. The van der Waals surface area contributed by atoms with E-state index in [2.05, 4.69) is 24.3 Å². The first-order chi connectivity index (χ1) is 10.6. The summed E-state index contributed by atoms with van der Waals surface area (Å²) in [6, 6.07) is 1.90. The second kappa shape index (κ2) is 8.32. The van der Waals surface area contributed by atoms with Gasteiger partial charge in [-0.05, 0) is 50.5 Å². The summed E-state index contributed by atoms with van der Waals surface area (Å²) in [6.45, 7) is 5.95. The zero-order chi connectivity index (χ0) is 15.9. The smallest absolute Gasteiger partial charge is 0.269 e. The van der Waals surface area contributed by atoms with Crippen molar-refractivity contribution >= 4 is 5.91 Å². The van der Waals surface area contributed by atoms with Gasteiger partial charge in [0.15, 0.2) is 0 Å². The van der Waals surface area contributed by atoms with Crippen molar-refractivity contribution in [1.82, 2.24) is 15.1 Å². The lowest BCUT2D eigenvalue weighted by Crippen LogP contribution is -2.26. The van der Waals surface area contributed by atoms with Crippen LogP contribution in [0.25, 0.3) is 0 Å². The van der Waals surface area contributed by atoms with Crippen molar-refractivity contribution in [3.63, 3.8) is 0 Å². The van der Waals surface area contributed by atoms with Crippen LogP contribution in [-0.4, -0.2) is 34.9 Å². The van der Waals surface area contributed by atoms with Crippen molar-refractivity contribution in [3.8, 4) is 0 Å². The van der Waals surface area contributed by atoms with Crippen LogP contribution in [0.4, 0.5) is 0 Å². The average molecular weight is 307 g/mol. The van der Waals surface area contributed by atoms with E-state index in [1.54, 1.807) is 4.68 Å². The van der Waals surface area contributed by atoms with E-state index in [1.807, 2.05) is 13.1 Å². The number of carbonyl (C=O) groups excluding carboxylic acids is 1. The van der Waals surface area contributed by atoms with Crippen molar-refractivity contribution in [1.29, 1.82) is 0 Å². The Morgan fingerprint density at radius 1 is 1.50 bits per heavy atom. The van der Waals surface area contributed by atoms with Crippen LogP contribution in [-0.2, 0) is 18.2 Å². The van der Waals surface area contributed by atoms with E-state index in [-0.39, 0.29) is 5.91 Å². The number of nitrogens with zero attached hydrogens (tertiary/aromatic N) is 2. The number of amides is 1. The van der Waals surface area contributed by atoms with Crippen LogP contribution < -0.4 is 5.32 Å². The second-order valence-corrected chi connectivity index (χ2v) is 6.63. The quantitative estimate of drug-likeness (QED) is 0.751. The third-order valence-electron chi connectivity index (χ3n) is 4.04. The first kappa shape index (κ1) is 17.0. The van der Waals surface area contributed by atoms with Crippen molar-refractivity contribution in [2.75, 3.05) is 13.2 Å². The highest BCUT2D eigenvalue weighted by Gasteiger charge is 2.15. The number of hydrogen-bond acceptors (Lipinski definition) is 3. The Hall–Kier alpha value is -1.36. The van der Waals surface area contributed by atoms with Crippen LogP contribution in [0.2, 0.25) is 0 Å². The van der Waals surface area contributed by atoms with Crippen molar-refractivity contribution in [2.45, 2.75) is 58.5 Å². The normalized spacial score (nSPS) is 18.1. The minimum absolute atomic E-state index is 0.0258. The minimum atomic E-state index is -0.0258. The lowest BCUT2D eigenvalue weighted by atomic mass is 10.1. The summed E-state index contributed by atoms with van der Waals surface area (Å²) in [5.41, 5.74) is 1.64. The Morgan fingerprint density at radius 2 is 2.32 bits per heavy atom. The maximum absolute atomic E-state index is 12.2. The minimum Gasteiger partial charge on any atom is -0.378 e. The molecule has 2 rings (SSSR count). The number of unbranched alkanes of at least 4 members (excludes halogenated alkanes) is 1. The van der Waals surface area contributed by atoms with Crippen molar-refractivity contribution in [2.24, 2.45) is 13.0 Å². The number of ether oxygens (including phenoxy) is 1. The van der Waals surface area contributed by atoms with Crippen LogP contribution >= 0.6 is 0 Å². The molecule has 0 spiro atoms. The third-order valence-corrected chi connectivity index (χ3v) is 4.04. The molecule has 1 N–H and O–H groups in total. The fraction of sp³-hybridized carbons (Fsp3) is 0.765. The molecular formula is C17H29N3O2. The molecule has 0 bridgehead atoms. The summed E-state index contributed by atoms with van der Waals surface area (Å²) in [7, 11) is 1.83. The van der Waals surface area contributed by atoms with Gasteiger partial charge in [-0.3, -0.25) is 9.48 Å². The Bertz CT molecular complexity index is 476. The van der Waals surface area contributed by atoms with Gasteiger partial charge in [0.2, 0.25) is 0 Å². The lowest BCUT2D eigenvalue weighted by Gasteiger charge is -2.09. The van der Waals surface area contributed by atoms with E-state index in [9.17, 15) is 4.79 Å². The summed E-state index contributed by atoms with van der Waals surface area (Å²) in [5, 5.41) is 7.40. The van der Waals surface area contributed by atoms with E-state index < -0.39 is 0 Å². The van der Waals surface area contributed by atoms with E-state index in [1.165, 1.54) is 12.8 Å². The standard InChI is InChI=1S/C17H29N3O2/c1-13(2)11-14-12-16(20(3)19-14)17(21)18-9-5-4-7-15-8-6-10-22-15/h12-13,15H,4-11H2,1-3H3,(H,18,21). The van der Waals surface area contributed by atoms with Gasteiger partial charge in [-0.15, -0.1) is 0 Å². The average Bonchev–Trinajstić information content (AvgIpc) is 3.07. The molecule has 0 radical (unpaired) electrons. The molecule has 1 atom stereocenters. The third kappa shape index (κ3) is 5.13. The summed E-state index contributed by atoms with van der Waals surface area (Å²) < 4.78 is 7.28. The van der Waals surface area contributed by atoms with Gasteiger partial charge in [0.1, 0.15) is 5.69 Å². The second-order valence-electron chi connectivity index (χ2n) is 6.63. The maximum Gasteiger partial charge on any atom is 0.269 e. The van der Waals surface area contributed by atoms with E-state index in [4.69, 9.17) is 4.74 Å². The van der Waals surface area contributed by atoms with Crippen molar-refractivity contribution < 1.29 is 9.53 Å². The highest BCUT2D eigenvalue weighted by atomic mass is 16.5. The van der Waals surface area contributed by atoms with Gasteiger partial charge in [-0.25, -0.2) is 0 Å². The Labute approximate surface area is 133 Å². The number of nitrogens with one attached hydrogen (secondary N) is 1. The number of hydrogen-bond donors (Lipinski definition) is 1. The van der Waals surface area contributed by atoms with Gasteiger partial charge < -0.3 is 10.1 Å². The summed E-state index contributed by atoms with van der Waals surface area (Å²) in [6.07, 6.45) is 6.96. The number of carbonyl (C=O) groups is 1. The predicted octanol–water partition coefficient (Wildman–Crippen LogP) is 2.70. The number of aryl methyl sites for hydroxylation is 1. The molecule has 2 heterocycles. The molecule has 0 aliphatic carbocycles. The predicted molar refractivity (Wildman–Crippen MR) is 86.9 cm³/mol. The summed E-state index contributed by atoms with van der Waals surface area (Å²) in [4.78, 5) is 12.2. The highest BCUT2D eigenvalue weighted by molar-refractivity contribution is 5.92. The molecule has 0 aromatic carbocycles. The van der Waals surface area contributed by atoms with Gasteiger partial charge in [0.25, 0.3) is 5.91 Å². The van der Waals surface area contributed by atoms with Gasteiger partial charge in [0.05, 0.1) is 11.8 Å². The maximum atomic E-state index is 12.2. The topological polar surface area (TPSA) is 56.1 Å². The van der Waals surface area contributed by atoms with Crippen LogP contribution in [0.1, 0.15) is 62.1 Å². The van der Waals surface area contributed by atoms with Gasteiger partial charge in [0, 0.05) is 20.2 Å². The van der Waals surface area contributed by atoms with E-state index >= 15 is 0 Å². The van der Waals surface area contributed by atoms with E-state index in [0.717, 1.165) is 44.5 Å². The van der Waals surface area contributed by atoms with Gasteiger partial charge in [-0.2, -0.15) is 5.10 Å². The highest BCUT2D eigenvalue weighted by Crippen LogP contribution is 2.17. The Kier molecular flexibility index (Phi) is 6.43. The summed E-state index contributed by atoms with van der Waals surface area (Å²) in [5.74, 6) is 0.519. The molecular weight excluding hydrogens is 278 g/mol. The molecule has 1 unspecified atom stereocenters. The van der Waals surface area contributed by atoms with Gasteiger partial charge >= 0.3 is 0 Å². The van der Waals surface area contributed by atoms with Gasteiger partial charge in [-0.1, -0.05) is 13.8 Å². The molecule has 1 aromatic rings. The fourth-order valence-electron chi connectivity index (χ4n) is 2.92. The van der Waals surface area contributed by atoms with E-state index in [0.29, 0.717) is 17.7 Å². The van der Waals surface area contributed by atoms with Crippen LogP contribution in [0, 0.1) is 5.92 Å². The molecule has 124 valence electrons. The van der Waals surface area contributed by atoms with Crippen molar-refractivity contribution in [3.05, 3.63) is 17.5 Å². The number of rotatable bonds is 8. The number of aromatic nitrogens is 2. The molecule has 1 saturated heterocycles. The zero-order valence-electron chi connectivity index (χ0n) is 14.1. The van der Waals surface area contributed by atoms with Crippen LogP contribution in [0.3, 0.4) is 0 Å². The van der Waals surface area contributed by atoms with Crippen LogP contribution in [0.5, 0.6) is 0 Å². The monoisotopic (exact) mass is 307 g/mol. The zero-order valence-corrected chi connectivity index (χ0v) is 14.1. The first-order valence-corrected chi connectivity index (χ1v) is 8.49.